The van der Waals surface area contributed by atoms with Gasteiger partial charge in [0.2, 0.25) is 0 Å². The zero-order chi connectivity index (χ0) is 13.8. The molecule has 5 heteroatoms. The van der Waals surface area contributed by atoms with Crippen molar-refractivity contribution in [2.75, 3.05) is 5.32 Å². The number of aromatic nitrogens is 2. The molecule has 102 valence electrons. The van der Waals surface area contributed by atoms with Crippen LogP contribution < -0.4 is 5.32 Å². The smallest absolute Gasteiger partial charge is 0.0632 e. The van der Waals surface area contributed by atoms with Crippen molar-refractivity contribution in [2.24, 2.45) is 0 Å². The maximum absolute atomic E-state index is 4.33. The Kier molecular flexibility index (Phi) is 5.05. The Balaban J connectivity index is 2.12. The third-order valence-electron chi connectivity index (χ3n) is 2.87. The number of aryl methyl sites for hydroxylation is 2. The Morgan fingerprint density at radius 3 is 2.58 bits per heavy atom. The van der Waals surface area contributed by atoms with E-state index in [1.807, 2.05) is 10.9 Å². The third-order valence-corrected chi connectivity index (χ3v) is 4.12. The molecule has 0 bridgehead atoms. The molecular formula is C14H17Br2N3. The normalized spacial score (nSPS) is 10.7. The molecule has 1 N–H and O–H groups in total. The highest BCUT2D eigenvalue weighted by Gasteiger charge is 2.07. The van der Waals surface area contributed by atoms with Gasteiger partial charge >= 0.3 is 0 Å². The van der Waals surface area contributed by atoms with E-state index in [0.29, 0.717) is 0 Å². The van der Waals surface area contributed by atoms with Crippen molar-refractivity contribution in [3.63, 3.8) is 0 Å². The molecule has 3 nitrogen and oxygen atoms in total. The Hall–Kier alpha value is -0.810. The van der Waals surface area contributed by atoms with E-state index in [1.54, 1.807) is 0 Å². The van der Waals surface area contributed by atoms with Crippen molar-refractivity contribution in [1.82, 2.24) is 9.78 Å². The number of hydrogen-bond acceptors (Lipinski definition) is 2. The van der Waals surface area contributed by atoms with Crippen LogP contribution in [0.2, 0.25) is 0 Å². The first-order valence-corrected chi connectivity index (χ1v) is 7.90. The van der Waals surface area contributed by atoms with Gasteiger partial charge in [0.15, 0.2) is 0 Å². The van der Waals surface area contributed by atoms with Gasteiger partial charge < -0.3 is 5.32 Å². The highest BCUT2D eigenvalue weighted by atomic mass is 79.9. The molecule has 0 fully saturated rings. The van der Waals surface area contributed by atoms with Gasteiger partial charge in [-0.05, 0) is 69.0 Å². The van der Waals surface area contributed by atoms with E-state index in [0.717, 1.165) is 34.1 Å². The first kappa shape index (κ1) is 14.6. The molecule has 19 heavy (non-hydrogen) atoms. The molecule has 1 heterocycles. The van der Waals surface area contributed by atoms with Gasteiger partial charge in [0, 0.05) is 21.7 Å². The largest absolute Gasteiger partial charge is 0.378 e. The van der Waals surface area contributed by atoms with Crippen LogP contribution in [0.5, 0.6) is 0 Å². The first-order valence-electron chi connectivity index (χ1n) is 6.32. The zero-order valence-corrected chi connectivity index (χ0v) is 14.3. The predicted molar refractivity (Wildman–Crippen MR) is 86.4 cm³/mol. The lowest BCUT2D eigenvalue weighted by molar-refractivity contribution is 0.578. The van der Waals surface area contributed by atoms with E-state index in [1.165, 1.54) is 11.3 Å². The minimum Gasteiger partial charge on any atom is -0.378 e. The second-order valence-corrected chi connectivity index (χ2v) is 6.21. The van der Waals surface area contributed by atoms with Gasteiger partial charge in [-0.3, -0.25) is 4.68 Å². The van der Waals surface area contributed by atoms with Crippen LogP contribution in [0.25, 0.3) is 0 Å². The fraction of sp³-hybridized carbons (Fsp3) is 0.357. The maximum Gasteiger partial charge on any atom is 0.0632 e. The Labute approximate surface area is 130 Å². The summed E-state index contributed by atoms with van der Waals surface area (Å²) in [5.41, 5.74) is 3.50. The maximum atomic E-state index is 4.33. The molecule has 0 amide bonds. The lowest BCUT2D eigenvalue weighted by atomic mass is 10.2. The summed E-state index contributed by atoms with van der Waals surface area (Å²) in [4.78, 5) is 0. The minimum atomic E-state index is 0.764. The molecular weight excluding hydrogens is 370 g/mol. The first-order chi connectivity index (χ1) is 9.11. The quantitative estimate of drug-likeness (QED) is 0.804. The van der Waals surface area contributed by atoms with E-state index >= 15 is 0 Å². The fourth-order valence-electron chi connectivity index (χ4n) is 1.97. The van der Waals surface area contributed by atoms with Crippen molar-refractivity contribution < 1.29 is 0 Å². The SMILES string of the molecule is CCCn1nccc1CNc1c(Br)cc(C)cc1Br. The molecule has 0 aliphatic rings. The number of hydrogen-bond donors (Lipinski definition) is 1. The van der Waals surface area contributed by atoms with Crippen LogP contribution in [0.15, 0.2) is 33.3 Å². The predicted octanol–water partition coefficient (Wildman–Crippen LogP) is 4.74. The van der Waals surface area contributed by atoms with Crippen molar-refractivity contribution in [3.8, 4) is 0 Å². The number of nitrogens with zero attached hydrogens (tertiary/aromatic N) is 2. The molecule has 0 saturated carbocycles. The lowest BCUT2D eigenvalue weighted by Crippen LogP contribution is -2.09. The summed E-state index contributed by atoms with van der Waals surface area (Å²) in [5, 5.41) is 7.79. The Morgan fingerprint density at radius 2 is 1.95 bits per heavy atom. The van der Waals surface area contributed by atoms with Gasteiger partial charge in [-0.15, -0.1) is 0 Å². The van der Waals surface area contributed by atoms with E-state index in [4.69, 9.17) is 0 Å². The summed E-state index contributed by atoms with van der Waals surface area (Å²) < 4.78 is 4.19. The molecule has 1 aromatic heterocycles. The average molecular weight is 387 g/mol. The van der Waals surface area contributed by atoms with Crippen LogP contribution in [0.3, 0.4) is 0 Å². The third kappa shape index (κ3) is 3.60. The van der Waals surface area contributed by atoms with Crippen molar-refractivity contribution >= 4 is 37.5 Å². The molecule has 0 aliphatic carbocycles. The van der Waals surface area contributed by atoms with E-state index in [2.05, 4.69) is 74.3 Å². The Bertz CT molecular complexity index is 541. The Morgan fingerprint density at radius 1 is 1.26 bits per heavy atom. The molecule has 1 aromatic carbocycles. The van der Waals surface area contributed by atoms with Crippen LogP contribution in [-0.4, -0.2) is 9.78 Å². The number of rotatable bonds is 5. The summed E-state index contributed by atoms with van der Waals surface area (Å²) in [7, 11) is 0. The number of anilines is 1. The molecule has 0 spiro atoms. The number of nitrogens with one attached hydrogen (secondary N) is 1. The number of halogens is 2. The summed E-state index contributed by atoms with van der Waals surface area (Å²) in [5.74, 6) is 0. The van der Waals surface area contributed by atoms with Gasteiger partial charge in [0.1, 0.15) is 0 Å². The van der Waals surface area contributed by atoms with Crippen LogP contribution in [0, 0.1) is 6.92 Å². The summed E-state index contributed by atoms with van der Waals surface area (Å²) in [6.45, 7) is 5.96. The molecule has 2 rings (SSSR count). The van der Waals surface area contributed by atoms with Crippen LogP contribution in [0.4, 0.5) is 5.69 Å². The highest BCUT2D eigenvalue weighted by molar-refractivity contribution is 9.11. The van der Waals surface area contributed by atoms with Crippen molar-refractivity contribution in [2.45, 2.75) is 33.4 Å². The minimum absolute atomic E-state index is 0.764. The molecule has 0 atom stereocenters. The second-order valence-electron chi connectivity index (χ2n) is 4.50. The van der Waals surface area contributed by atoms with Crippen LogP contribution in [0.1, 0.15) is 24.6 Å². The topological polar surface area (TPSA) is 29.9 Å². The summed E-state index contributed by atoms with van der Waals surface area (Å²) >= 11 is 7.19. The van der Waals surface area contributed by atoms with Crippen LogP contribution >= 0.6 is 31.9 Å². The van der Waals surface area contributed by atoms with Crippen molar-refractivity contribution in [1.29, 1.82) is 0 Å². The van der Waals surface area contributed by atoms with Gasteiger partial charge in [-0.2, -0.15) is 5.10 Å². The zero-order valence-electron chi connectivity index (χ0n) is 11.1. The van der Waals surface area contributed by atoms with Crippen LogP contribution in [-0.2, 0) is 13.1 Å². The fourth-order valence-corrected chi connectivity index (χ4v) is 3.67. The standard InChI is InChI=1S/C14H17Br2N3/c1-3-6-19-11(4-5-18-19)9-17-14-12(15)7-10(2)8-13(14)16/h4-5,7-8,17H,3,6,9H2,1-2H3. The van der Waals surface area contributed by atoms with E-state index in [-0.39, 0.29) is 0 Å². The molecule has 0 radical (unpaired) electrons. The monoisotopic (exact) mass is 385 g/mol. The lowest BCUT2D eigenvalue weighted by Gasteiger charge is -2.13. The summed E-state index contributed by atoms with van der Waals surface area (Å²) in [6.07, 6.45) is 2.94. The molecule has 2 aromatic rings. The molecule has 0 unspecified atom stereocenters. The average Bonchev–Trinajstić information content (AvgIpc) is 2.76. The van der Waals surface area contributed by atoms with Crippen molar-refractivity contribution in [3.05, 3.63) is 44.6 Å². The van der Waals surface area contributed by atoms with Gasteiger partial charge in [-0.1, -0.05) is 6.92 Å². The van der Waals surface area contributed by atoms with Gasteiger partial charge in [-0.25, -0.2) is 0 Å². The van der Waals surface area contributed by atoms with Gasteiger partial charge in [0.05, 0.1) is 17.9 Å². The number of benzene rings is 1. The molecule has 0 saturated heterocycles. The molecule has 0 aliphatic heterocycles. The van der Waals surface area contributed by atoms with Gasteiger partial charge in [0.25, 0.3) is 0 Å². The summed E-state index contributed by atoms with van der Waals surface area (Å²) in [6, 6.07) is 6.27. The highest BCUT2D eigenvalue weighted by Crippen LogP contribution is 2.32. The van der Waals surface area contributed by atoms with E-state index < -0.39 is 0 Å². The van der Waals surface area contributed by atoms with E-state index in [9.17, 15) is 0 Å². The second kappa shape index (κ2) is 6.57.